The molecule has 0 radical (unpaired) electrons. The Morgan fingerprint density at radius 2 is 1.44 bits per heavy atom. The van der Waals surface area contributed by atoms with Gasteiger partial charge in [-0.25, -0.2) is 4.79 Å². The van der Waals surface area contributed by atoms with E-state index in [0.717, 1.165) is 16.9 Å². The van der Waals surface area contributed by atoms with E-state index < -0.39 is 0 Å². The zero-order chi connectivity index (χ0) is 17.6. The van der Waals surface area contributed by atoms with Crippen LogP contribution in [0.4, 0.5) is 0 Å². The molecule has 0 aliphatic carbocycles. The maximum Gasteiger partial charge on any atom is 0.343 e. The van der Waals surface area contributed by atoms with Crippen LogP contribution >= 0.6 is 22.6 Å². The Balaban J connectivity index is 1.57. The van der Waals surface area contributed by atoms with Crippen molar-refractivity contribution in [1.82, 2.24) is 0 Å². The van der Waals surface area contributed by atoms with Crippen LogP contribution in [0.15, 0.2) is 72.8 Å². The summed E-state index contributed by atoms with van der Waals surface area (Å²) in [4.78, 5) is 12.1. The van der Waals surface area contributed by atoms with E-state index in [2.05, 4.69) is 22.6 Å². The summed E-state index contributed by atoms with van der Waals surface area (Å²) >= 11 is 2.27. The first-order valence-electron chi connectivity index (χ1n) is 7.86. The average Bonchev–Trinajstić information content (AvgIpc) is 2.63. The molecule has 0 amide bonds. The van der Waals surface area contributed by atoms with Crippen molar-refractivity contribution in [2.24, 2.45) is 0 Å². The van der Waals surface area contributed by atoms with Gasteiger partial charge in [0.05, 0.1) is 5.56 Å². The van der Waals surface area contributed by atoms with E-state index in [1.54, 1.807) is 36.4 Å². The van der Waals surface area contributed by atoms with Gasteiger partial charge in [-0.05, 0) is 83.6 Å². The molecule has 0 fully saturated rings. The summed E-state index contributed by atoms with van der Waals surface area (Å²) in [6.07, 6.45) is 0. The third-order valence-corrected chi connectivity index (χ3v) is 4.36. The van der Waals surface area contributed by atoms with Gasteiger partial charge in [0.25, 0.3) is 0 Å². The van der Waals surface area contributed by atoms with E-state index in [9.17, 15) is 4.79 Å². The zero-order valence-corrected chi connectivity index (χ0v) is 15.9. The van der Waals surface area contributed by atoms with Crippen molar-refractivity contribution in [2.75, 3.05) is 0 Å². The molecule has 126 valence electrons. The number of aryl methyl sites for hydroxylation is 1. The highest BCUT2D eigenvalue weighted by Crippen LogP contribution is 2.20. The maximum atomic E-state index is 12.1. The minimum atomic E-state index is -0.368. The van der Waals surface area contributed by atoms with Crippen molar-refractivity contribution < 1.29 is 14.3 Å². The van der Waals surface area contributed by atoms with Gasteiger partial charge in [-0.15, -0.1) is 0 Å². The van der Waals surface area contributed by atoms with Crippen LogP contribution in [0, 0.1) is 10.5 Å². The van der Waals surface area contributed by atoms with E-state index in [1.165, 1.54) is 3.57 Å². The first kappa shape index (κ1) is 17.5. The molecule has 3 aromatic rings. The van der Waals surface area contributed by atoms with Crippen molar-refractivity contribution >= 4 is 28.6 Å². The lowest BCUT2D eigenvalue weighted by atomic mass is 10.1. The predicted molar refractivity (Wildman–Crippen MR) is 106 cm³/mol. The van der Waals surface area contributed by atoms with Crippen molar-refractivity contribution in [2.45, 2.75) is 13.5 Å². The first-order valence-corrected chi connectivity index (χ1v) is 8.94. The fourth-order valence-corrected chi connectivity index (χ4v) is 2.57. The number of hydrogen-bond donors (Lipinski definition) is 0. The number of carbonyl (C=O) groups excluding carboxylic acids is 1. The highest BCUT2D eigenvalue weighted by Gasteiger charge is 2.08. The molecule has 0 unspecified atom stereocenters. The summed E-state index contributed by atoms with van der Waals surface area (Å²) in [6, 6.07) is 22.5. The minimum Gasteiger partial charge on any atom is -0.489 e. The number of ether oxygens (including phenoxy) is 2. The quantitative estimate of drug-likeness (QED) is 0.301. The topological polar surface area (TPSA) is 35.5 Å². The standard InChI is InChI=1S/C21H17IO3/c1-15-2-6-17(7-3-15)21(23)25-20-12-10-19(11-13-20)24-14-16-4-8-18(22)9-5-16/h2-13H,14H2,1H3. The smallest absolute Gasteiger partial charge is 0.343 e. The van der Waals surface area contributed by atoms with Gasteiger partial charge >= 0.3 is 5.97 Å². The summed E-state index contributed by atoms with van der Waals surface area (Å²) in [5, 5.41) is 0. The largest absolute Gasteiger partial charge is 0.489 e. The minimum absolute atomic E-state index is 0.368. The van der Waals surface area contributed by atoms with Crippen LogP contribution in [0.1, 0.15) is 21.5 Å². The third-order valence-electron chi connectivity index (χ3n) is 3.64. The van der Waals surface area contributed by atoms with Crippen LogP contribution in [-0.2, 0) is 6.61 Å². The second-order valence-corrected chi connectivity index (χ2v) is 6.89. The van der Waals surface area contributed by atoms with Crippen molar-refractivity contribution in [3.63, 3.8) is 0 Å². The molecule has 0 spiro atoms. The molecule has 0 atom stereocenters. The number of hydrogen-bond acceptors (Lipinski definition) is 3. The Labute approximate surface area is 160 Å². The maximum absolute atomic E-state index is 12.1. The SMILES string of the molecule is Cc1ccc(C(=O)Oc2ccc(OCc3ccc(I)cc3)cc2)cc1. The highest BCUT2D eigenvalue weighted by atomic mass is 127. The second-order valence-electron chi connectivity index (χ2n) is 5.64. The van der Waals surface area contributed by atoms with E-state index >= 15 is 0 Å². The molecule has 0 aliphatic heterocycles. The van der Waals surface area contributed by atoms with Gasteiger partial charge in [-0.3, -0.25) is 0 Å². The third kappa shape index (κ3) is 5.06. The van der Waals surface area contributed by atoms with Gasteiger partial charge < -0.3 is 9.47 Å². The van der Waals surface area contributed by atoms with Gasteiger partial charge in [0, 0.05) is 3.57 Å². The second kappa shape index (κ2) is 8.16. The molecule has 0 saturated carbocycles. The lowest BCUT2D eigenvalue weighted by molar-refractivity contribution is 0.0734. The van der Waals surface area contributed by atoms with Crippen LogP contribution in [0.25, 0.3) is 0 Å². The Kier molecular flexibility index (Phi) is 5.71. The molecular weight excluding hydrogens is 427 g/mol. The Morgan fingerprint density at radius 3 is 2.08 bits per heavy atom. The molecule has 0 N–H and O–H groups in total. The summed E-state index contributed by atoms with van der Waals surface area (Å²) in [5.41, 5.74) is 2.74. The van der Waals surface area contributed by atoms with Gasteiger partial charge in [-0.1, -0.05) is 29.8 Å². The van der Waals surface area contributed by atoms with Crippen LogP contribution < -0.4 is 9.47 Å². The van der Waals surface area contributed by atoms with Gasteiger partial charge in [0.15, 0.2) is 0 Å². The number of benzene rings is 3. The molecule has 0 saturated heterocycles. The lowest BCUT2D eigenvalue weighted by Crippen LogP contribution is -2.08. The average molecular weight is 444 g/mol. The molecule has 3 nitrogen and oxygen atoms in total. The molecule has 0 aromatic heterocycles. The van der Waals surface area contributed by atoms with Crippen LogP contribution in [0.5, 0.6) is 11.5 Å². The number of halogens is 1. The number of rotatable bonds is 5. The predicted octanol–water partition coefficient (Wildman–Crippen LogP) is 5.40. The van der Waals surface area contributed by atoms with E-state index in [1.807, 2.05) is 43.3 Å². The molecule has 4 heteroatoms. The highest BCUT2D eigenvalue weighted by molar-refractivity contribution is 14.1. The normalized spacial score (nSPS) is 10.3. The molecule has 25 heavy (non-hydrogen) atoms. The number of esters is 1. The van der Waals surface area contributed by atoms with Crippen LogP contribution in [0.2, 0.25) is 0 Å². The molecule has 0 heterocycles. The molecule has 0 bridgehead atoms. The van der Waals surface area contributed by atoms with Crippen molar-refractivity contribution in [1.29, 1.82) is 0 Å². The molecule has 3 aromatic carbocycles. The molecular formula is C21H17IO3. The fraction of sp³-hybridized carbons (Fsp3) is 0.0952. The Bertz CT molecular complexity index is 838. The van der Waals surface area contributed by atoms with E-state index in [-0.39, 0.29) is 5.97 Å². The van der Waals surface area contributed by atoms with Gasteiger partial charge in [-0.2, -0.15) is 0 Å². The lowest BCUT2D eigenvalue weighted by Gasteiger charge is -2.08. The summed E-state index contributed by atoms with van der Waals surface area (Å²) in [5.74, 6) is 0.855. The molecule has 3 rings (SSSR count). The van der Waals surface area contributed by atoms with Gasteiger partial charge in [0.1, 0.15) is 18.1 Å². The van der Waals surface area contributed by atoms with Crippen molar-refractivity contribution in [3.8, 4) is 11.5 Å². The Morgan fingerprint density at radius 1 is 0.840 bits per heavy atom. The summed E-state index contributed by atoms with van der Waals surface area (Å²) < 4.78 is 12.3. The van der Waals surface area contributed by atoms with Crippen LogP contribution in [0.3, 0.4) is 0 Å². The Hall–Kier alpha value is -2.34. The fourth-order valence-electron chi connectivity index (χ4n) is 2.21. The molecule has 0 aliphatic rings. The monoisotopic (exact) mass is 444 g/mol. The first-order chi connectivity index (χ1) is 12.1. The van der Waals surface area contributed by atoms with E-state index in [0.29, 0.717) is 17.9 Å². The van der Waals surface area contributed by atoms with Crippen LogP contribution in [-0.4, -0.2) is 5.97 Å². The zero-order valence-electron chi connectivity index (χ0n) is 13.7. The number of carbonyl (C=O) groups is 1. The van der Waals surface area contributed by atoms with Gasteiger partial charge in [0.2, 0.25) is 0 Å². The van der Waals surface area contributed by atoms with E-state index in [4.69, 9.17) is 9.47 Å². The summed E-state index contributed by atoms with van der Waals surface area (Å²) in [7, 11) is 0. The summed E-state index contributed by atoms with van der Waals surface area (Å²) in [6.45, 7) is 2.48. The van der Waals surface area contributed by atoms with Crippen molar-refractivity contribution in [3.05, 3.63) is 93.1 Å².